The Morgan fingerprint density at radius 2 is 1.61 bits per heavy atom. The van der Waals surface area contributed by atoms with E-state index in [1.54, 1.807) is 36.4 Å². The van der Waals surface area contributed by atoms with Crippen molar-refractivity contribution in [3.05, 3.63) is 83.0 Å². The van der Waals surface area contributed by atoms with Crippen molar-refractivity contribution < 1.29 is 24.5 Å². The molecule has 0 aliphatic heterocycles. The number of hydrogen-bond acceptors (Lipinski definition) is 4. The Hall–Kier alpha value is -3.60. The Morgan fingerprint density at radius 1 is 0.964 bits per heavy atom. The van der Waals surface area contributed by atoms with Crippen molar-refractivity contribution in [1.82, 2.24) is 0 Å². The number of carbonyl (C=O) groups excluding carboxylic acids is 1. The summed E-state index contributed by atoms with van der Waals surface area (Å²) < 4.78 is 5.46. The number of aromatic hydroxyl groups is 1. The molecule has 0 heterocycles. The summed E-state index contributed by atoms with van der Waals surface area (Å²) in [5, 5.41) is 18.1. The van der Waals surface area contributed by atoms with Gasteiger partial charge in [0.15, 0.2) is 0 Å². The minimum absolute atomic E-state index is 0.153. The molecule has 5 heteroatoms. The lowest BCUT2D eigenvalue weighted by Crippen LogP contribution is -2.06. The van der Waals surface area contributed by atoms with Crippen LogP contribution in [0.15, 0.2) is 66.3 Å². The summed E-state index contributed by atoms with van der Waals surface area (Å²) in [7, 11) is 0. The molecule has 0 aliphatic rings. The number of benzene rings is 2. The van der Waals surface area contributed by atoms with Gasteiger partial charge in [0, 0.05) is 12.2 Å². The number of ether oxygens (including phenoxy) is 1. The first kappa shape index (κ1) is 20.7. The first-order chi connectivity index (χ1) is 13.3. The maximum Gasteiger partial charge on any atom is 0.336 e. The smallest absolute Gasteiger partial charge is 0.336 e. The second kappa shape index (κ2) is 9.92. The summed E-state index contributed by atoms with van der Waals surface area (Å²) in [5.41, 5.74) is 3.36. The number of rotatable bonds is 7. The van der Waals surface area contributed by atoms with Crippen LogP contribution in [0.3, 0.4) is 0 Å². The molecule has 0 spiro atoms. The molecule has 2 aromatic carbocycles. The monoisotopic (exact) mass is 378 g/mol. The number of carboxylic acids is 1. The Balaban J connectivity index is 2.19. The first-order valence-corrected chi connectivity index (χ1v) is 8.69. The Labute approximate surface area is 163 Å². The topological polar surface area (TPSA) is 83.8 Å². The standard InChI is InChI=1S/C23H22O5/c1-16(2)3-9-19-15-18(7-13-22(25)26)6-12-21(19)28-23(27)14-8-17-4-10-20(24)11-5-17/h3-8,10-15,24H,9H2,1-2H3,(H,25,26)/b13-7?,14-8+. The summed E-state index contributed by atoms with van der Waals surface area (Å²) in [6, 6.07) is 11.6. The van der Waals surface area contributed by atoms with E-state index in [0.717, 1.165) is 22.8 Å². The van der Waals surface area contributed by atoms with Crippen LogP contribution in [0.4, 0.5) is 0 Å². The van der Waals surface area contributed by atoms with Gasteiger partial charge in [-0.05, 0) is 73.4 Å². The third kappa shape index (κ3) is 6.96. The van der Waals surface area contributed by atoms with Crippen molar-refractivity contribution in [3.8, 4) is 11.5 Å². The van der Waals surface area contributed by atoms with Gasteiger partial charge in [0.2, 0.25) is 0 Å². The first-order valence-electron chi connectivity index (χ1n) is 8.69. The van der Waals surface area contributed by atoms with Gasteiger partial charge in [-0.2, -0.15) is 0 Å². The van der Waals surface area contributed by atoms with Crippen molar-refractivity contribution >= 4 is 24.1 Å². The molecule has 0 radical (unpaired) electrons. The molecule has 2 rings (SSSR count). The fourth-order valence-electron chi connectivity index (χ4n) is 2.34. The van der Waals surface area contributed by atoms with Gasteiger partial charge in [-0.1, -0.05) is 29.8 Å². The summed E-state index contributed by atoms with van der Waals surface area (Å²) in [4.78, 5) is 22.9. The number of allylic oxidation sites excluding steroid dienone is 2. The van der Waals surface area contributed by atoms with E-state index < -0.39 is 11.9 Å². The summed E-state index contributed by atoms with van der Waals surface area (Å²) >= 11 is 0. The quantitative estimate of drug-likeness (QED) is 0.318. The number of phenols is 1. The minimum Gasteiger partial charge on any atom is -0.508 e. The number of carbonyl (C=O) groups is 2. The van der Waals surface area contributed by atoms with E-state index in [2.05, 4.69) is 0 Å². The normalized spacial score (nSPS) is 10.9. The van der Waals surface area contributed by atoms with Crippen LogP contribution in [0.1, 0.15) is 30.5 Å². The van der Waals surface area contributed by atoms with Gasteiger partial charge in [0.1, 0.15) is 11.5 Å². The molecule has 28 heavy (non-hydrogen) atoms. The third-order valence-corrected chi connectivity index (χ3v) is 3.75. The molecule has 2 aromatic rings. The minimum atomic E-state index is -1.03. The van der Waals surface area contributed by atoms with Crippen molar-refractivity contribution in [3.63, 3.8) is 0 Å². The Bertz CT molecular complexity index is 930. The van der Waals surface area contributed by atoms with E-state index in [0.29, 0.717) is 17.7 Å². The fraction of sp³-hybridized carbons (Fsp3) is 0.130. The van der Waals surface area contributed by atoms with Crippen LogP contribution < -0.4 is 4.74 Å². The predicted octanol–water partition coefficient (Wildman–Crippen LogP) is 4.62. The number of phenolic OH excluding ortho intramolecular Hbond substituents is 1. The zero-order valence-corrected chi connectivity index (χ0v) is 15.8. The molecule has 0 amide bonds. The average Bonchev–Trinajstić information content (AvgIpc) is 2.65. The molecule has 0 aliphatic carbocycles. The molecule has 0 saturated heterocycles. The molecule has 0 unspecified atom stereocenters. The highest BCUT2D eigenvalue weighted by Gasteiger charge is 2.08. The Kier molecular flexibility index (Phi) is 7.34. The highest BCUT2D eigenvalue weighted by atomic mass is 16.5. The molecule has 144 valence electrons. The van der Waals surface area contributed by atoms with E-state index in [1.165, 1.54) is 24.3 Å². The second-order valence-corrected chi connectivity index (χ2v) is 6.37. The van der Waals surface area contributed by atoms with Crippen molar-refractivity contribution in [2.45, 2.75) is 20.3 Å². The number of carboxylic acid groups (broad SMARTS) is 1. The van der Waals surface area contributed by atoms with Crippen LogP contribution in [-0.4, -0.2) is 22.2 Å². The van der Waals surface area contributed by atoms with Crippen LogP contribution >= 0.6 is 0 Å². The maximum atomic E-state index is 12.2. The van der Waals surface area contributed by atoms with E-state index >= 15 is 0 Å². The van der Waals surface area contributed by atoms with Crippen LogP contribution in [0.25, 0.3) is 12.2 Å². The maximum absolute atomic E-state index is 12.2. The summed E-state index contributed by atoms with van der Waals surface area (Å²) in [6.07, 6.45) is 8.03. The van der Waals surface area contributed by atoms with Gasteiger partial charge in [0.25, 0.3) is 0 Å². The SMILES string of the molecule is CC(C)=CCc1cc(C=CC(=O)O)ccc1OC(=O)/C=C/c1ccc(O)cc1. The highest BCUT2D eigenvalue weighted by Crippen LogP contribution is 2.23. The highest BCUT2D eigenvalue weighted by molar-refractivity contribution is 5.89. The van der Waals surface area contributed by atoms with Gasteiger partial charge in [-0.25, -0.2) is 9.59 Å². The van der Waals surface area contributed by atoms with Crippen molar-refractivity contribution in [2.24, 2.45) is 0 Å². The van der Waals surface area contributed by atoms with E-state index in [9.17, 15) is 14.7 Å². The van der Waals surface area contributed by atoms with E-state index in [-0.39, 0.29) is 5.75 Å². The molecular formula is C23H22O5. The lowest BCUT2D eigenvalue weighted by Gasteiger charge is -2.09. The lowest BCUT2D eigenvalue weighted by molar-refractivity contribution is -0.131. The predicted molar refractivity (Wildman–Crippen MR) is 109 cm³/mol. The van der Waals surface area contributed by atoms with Crippen LogP contribution in [0, 0.1) is 0 Å². The summed E-state index contributed by atoms with van der Waals surface area (Å²) in [6.45, 7) is 3.94. The van der Waals surface area contributed by atoms with Crippen LogP contribution in [0.5, 0.6) is 11.5 Å². The fourth-order valence-corrected chi connectivity index (χ4v) is 2.34. The van der Waals surface area contributed by atoms with Gasteiger partial charge < -0.3 is 14.9 Å². The van der Waals surface area contributed by atoms with E-state index in [1.807, 2.05) is 19.9 Å². The van der Waals surface area contributed by atoms with Crippen molar-refractivity contribution in [1.29, 1.82) is 0 Å². The molecule has 2 N–H and O–H groups in total. The van der Waals surface area contributed by atoms with Gasteiger partial charge >= 0.3 is 11.9 Å². The van der Waals surface area contributed by atoms with Gasteiger partial charge in [0.05, 0.1) is 0 Å². The largest absolute Gasteiger partial charge is 0.508 e. The molecule has 0 atom stereocenters. The molecular weight excluding hydrogens is 356 g/mol. The van der Waals surface area contributed by atoms with E-state index in [4.69, 9.17) is 9.84 Å². The number of hydrogen-bond donors (Lipinski definition) is 2. The number of aliphatic carboxylic acids is 1. The van der Waals surface area contributed by atoms with Gasteiger partial charge in [-0.15, -0.1) is 0 Å². The zero-order chi connectivity index (χ0) is 20.5. The van der Waals surface area contributed by atoms with Crippen LogP contribution in [0.2, 0.25) is 0 Å². The lowest BCUT2D eigenvalue weighted by atomic mass is 10.0. The zero-order valence-electron chi connectivity index (χ0n) is 15.8. The Morgan fingerprint density at radius 3 is 2.25 bits per heavy atom. The van der Waals surface area contributed by atoms with Gasteiger partial charge in [-0.3, -0.25) is 0 Å². The molecule has 0 saturated carbocycles. The molecule has 0 fully saturated rings. The molecule has 0 bridgehead atoms. The number of esters is 1. The van der Waals surface area contributed by atoms with Crippen molar-refractivity contribution in [2.75, 3.05) is 0 Å². The summed E-state index contributed by atoms with van der Waals surface area (Å²) in [5.74, 6) is -0.980. The second-order valence-electron chi connectivity index (χ2n) is 6.37. The molecule has 5 nitrogen and oxygen atoms in total. The average molecular weight is 378 g/mol. The third-order valence-electron chi connectivity index (χ3n) is 3.75. The van der Waals surface area contributed by atoms with Crippen LogP contribution in [-0.2, 0) is 16.0 Å². The molecule has 0 aromatic heterocycles.